The highest BCUT2D eigenvalue weighted by atomic mass is 32.2. The van der Waals surface area contributed by atoms with E-state index in [-0.39, 0.29) is 17.6 Å². The number of aliphatic carboxylic acids is 1. The van der Waals surface area contributed by atoms with Gasteiger partial charge in [-0.15, -0.1) is 5.10 Å². The second kappa shape index (κ2) is 6.21. The van der Waals surface area contributed by atoms with Crippen LogP contribution in [0, 0.1) is 5.92 Å². The number of carboxylic acids is 1. The van der Waals surface area contributed by atoms with Crippen LogP contribution in [0.5, 0.6) is 0 Å². The molecule has 1 fully saturated rings. The molecule has 0 spiro atoms. The van der Waals surface area contributed by atoms with Crippen LogP contribution in [0.2, 0.25) is 0 Å². The van der Waals surface area contributed by atoms with Crippen LogP contribution in [0.25, 0.3) is 0 Å². The summed E-state index contributed by atoms with van der Waals surface area (Å²) in [5.41, 5.74) is 0. The number of tetrazole rings is 1. The highest BCUT2D eigenvalue weighted by Crippen LogP contribution is 2.36. The minimum Gasteiger partial charge on any atom is -0.480 e. The van der Waals surface area contributed by atoms with Crippen LogP contribution in [-0.2, 0) is 9.59 Å². The van der Waals surface area contributed by atoms with Crippen LogP contribution in [0.1, 0.15) is 32.7 Å². The topological polar surface area (TPSA) is 110 Å². The maximum Gasteiger partial charge on any atom is 0.326 e. The molecule has 1 saturated carbocycles. The molecule has 2 N–H and O–H groups in total. The smallest absolute Gasteiger partial charge is 0.326 e. The molecule has 8 nitrogen and oxygen atoms in total. The molecular formula is C11H17N5O3S. The van der Waals surface area contributed by atoms with Crippen molar-refractivity contribution in [2.75, 3.05) is 5.75 Å². The van der Waals surface area contributed by atoms with Gasteiger partial charge in [-0.3, -0.25) is 4.79 Å². The Morgan fingerprint density at radius 1 is 1.50 bits per heavy atom. The van der Waals surface area contributed by atoms with E-state index in [0.717, 1.165) is 12.8 Å². The maximum absolute atomic E-state index is 11.8. The van der Waals surface area contributed by atoms with Crippen molar-refractivity contribution in [1.82, 2.24) is 25.5 Å². The molecule has 1 aromatic heterocycles. The van der Waals surface area contributed by atoms with Crippen molar-refractivity contribution in [1.29, 1.82) is 0 Å². The number of amides is 1. The minimum atomic E-state index is -1.03. The van der Waals surface area contributed by atoms with E-state index >= 15 is 0 Å². The van der Waals surface area contributed by atoms with E-state index in [2.05, 4.69) is 20.8 Å². The van der Waals surface area contributed by atoms with Gasteiger partial charge in [0.1, 0.15) is 6.04 Å². The number of hydrogen-bond acceptors (Lipinski definition) is 6. The first kappa shape index (κ1) is 14.8. The summed E-state index contributed by atoms with van der Waals surface area (Å²) >= 11 is 1.22. The third kappa shape index (κ3) is 3.69. The molecule has 1 heterocycles. The summed E-state index contributed by atoms with van der Waals surface area (Å²) in [6, 6.07) is -0.527. The molecule has 0 bridgehead atoms. The molecule has 0 radical (unpaired) electrons. The molecule has 2 rings (SSSR count). The third-order valence-electron chi connectivity index (χ3n) is 2.94. The van der Waals surface area contributed by atoms with Gasteiger partial charge in [0.05, 0.1) is 11.8 Å². The quantitative estimate of drug-likeness (QED) is 0.698. The Balaban J connectivity index is 1.85. The van der Waals surface area contributed by atoms with E-state index < -0.39 is 12.0 Å². The standard InChI is InChI=1S/C11H17N5O3S/c1-6(2)9(10(18)19)12-8(17)5-20-11-13-14-15-16(11)7-3-4-7/h6-7,9H,3-5H2,1-2H3,(H,12,17)(H,18,19). The molecule has 20 heavy (non-hydrogen) atoms. The van der Waals surface area contributed by atoms with Gasteiger partial charge >= 0.3 is 5.97 Å². The lowest BCUT2D eigenvalue weighted by molar-refractivity contribution is -0.142. The summed E-state index contributed by atoms with van der Waals surface area (Å²) < 4.78 is 1.72. The average molecular weight is 299 g/mol. The number of nitrogens with zero attached hydrogens (tertiary/aromatic N) is 4. The van der Waals surface area contributed by atoms with Gasteiger partial charge in [0.2, 0.25) is 11.1 Å². The van der Waals surface area contributed by atoms with E-state index in [4.69, 9.17) is 5.11 Å². The van der Waals surface area contributed by atoms with Gasteiger partial charge in [-0.2, -0.15) is 0 Å². The van der Waals surface area contributed by atoms with Gasteiger partial charge < -0.3 is 10.4 Å². The largest absolute Gasteiger partial charge is 0.480 e. The molecule has 1 atom stereocenters. The number of carboxylic acid groups (broad SMARTS) is 1. The molecule has 1 aromatic rings. The van der Waals surface area contributed by atoms with Crippen LogP contribution in [-0.4, -0.2) is 49.0 Å². The zero-order chi connectivity index (χ0) is 14.7. The Bertz CT molecular complexity index is 500. The Labute approximate surface area is 120 Å². The first-order valence-electron chi connectivity index (χ1n) is 6.42. The number of nitrogens with one attached hydrogen (secondary N) is 1. The summed E-state index contributed by atoms with van der Waals surface area (Å²) in [5.74, 6) is -1.43. The van der Waals surface area contributed by atoms with Crippen LogP contribution in [0.4, 0.5) is 0 Å². The second-order valence-corrected chi connectivity index (χ2v) is 6.00. The van der Waals surface area contributed by atoms with E-state index in [1.54, 1.807) is 18.5 Å². The molecule has 0 aliphatic heterocycles. The highest BCUT2D eigenvalue weighted by molar-refractivity contribution is 7.99. The molecule has 0 aromatic carbocycles. The fraction of sp³-hybridized carbons (Fsp3) is 0.727. The van der Waals surface area contributed by atoms with Gasteiger partial charge in [-0.25, -0.2) is 9.48 Å². The van der Waals surface area contributed by atoms with Gasteiger partial charge in [0, 0.05) is 0 Å². The Morgan fingerprint density at radius 2 is 2.20 bits per heavy atom. The van der Waals surface area contributed by atoms with Gasteiger partial charge in [-0.05, 0) is 29.2 Å². The van der Waals surface area contributed by atoms with E-state index in [1.165, 1.54) is 11.8 Å². The molecule has 0 saturated heterocycles. The predicted molar refractivity (Wildman–Crippen MR) is 71.2 cm³/mol. The Hall–Kier alpha value is -1.64. The van der Waals surface area contributed by atoms with Crippen LogP contribution in [0.15, 0.2) is 5.16 Å². The Morgan fingerprint density at radius 3 is 2.75 bits per heavy atom. The second-order valence-electron chi connectivity index (χ2n) is 5.05. The Kier molecular flexibility index (Phi) is 4.58. The molecule has 1 aliphatic carbocycles. The number of hydrogen-bond donors (Lipinski definition) is 2. The predicted octanol–water partition coefficient (Wildman–Crippen LogP) is 0.325. The summed E-state index contributed by atoms with van der Waals surface area (Å²) in [5, 5.41) is 23.5. The SMILES string of the molecule is CC(C)C(NC(=O)CSc1nnnn1C1CC1)C(=O)O. The zero-order valence-electron chi connectivity index (χ0n) is 11.3. The van der Waals surface area contributed by atoms with Crippen molar-refractivity contribution >= 4 is 23.6 Å². The first-order chi connectivity index (χ1) is 9.49. The summed E-state index contributed by atoms with van der Waals surface area (Å²) in [7, 11) is 0. The van der Waals surface area contributed by atoms with E-state index in [9.17, 15) is 9.59 Å². The highest BCUT2D eigenvalue weighted by Gasteiger charge is 2.28. The van der Waals surface area contributed by atoms with Crippen molar-refractivity contribution in [2.45, 2.75) is 43.9 Å². The summed E-state index contributed by atoms with van der Waals surface area (Å²) in [4.78, 5) is 22.8. The first-order valence-corrected chi connectivity index (χ1v) is 7.40. The van der Waals surface area contributed by atoms with Crippen molar-refractivity contribution in [3.05, 3.63) is 0 Å². The van der Waals surface area contributed by atoms with Crippen molar-refractivity contribution < 1.29 is 14.7 Å². The lowest BCUT2D eigenvalue weighted by Crippen LogP contribution is -2.45. The number of carbonyl (C=O) groups excluding carboxylic acids is 1. The van der Waals surface area contributed by atoms with Gasteiger partial charge in [0.15, 0.2) is 0 Å². The van der Waals surface area contributed by atoms with Crippen molar-refractivity contribution in [3.8, 4) is 0 Å². The number of thioether (sulfide) groups is 1. The van der Waals surface area contributed by atoms with Crippen LogP contribution in [0.3, 0.4) is 0 Å². The lowest BCUT2D eigenvalue weighted by atomic mass is 10.1. The molecule has 110 valence electrons. The molecule has 1 unspecified atom stereocenters. The number of aromatic nitrogens is 4. The fourth-order valence-corrected chi connectivity index (χ4v) is 2.44. The van der Waals surface area contributed by atoms with Crippen LogP contribution < -0.4 is 5.32 Å². The normalized spacial score (nSPS) is 16.1. The molecule has 1 amide bonds. The van der Waals surface area contributed by atoms with Crippen LogP contribution >= 0.6 is 11.8 Å². The van der Waals surface area contributed by atoms with Crippen molar-refractivity contribution in [2.24, 2.45) is 5.92 Å². The van der Waals surface area contributed by atoms with Gasteiger partial charge in [-0.1, -0.05) is 25.6 Å². The molecular weight excluding hydrogens is 282 g/mol. The third-order valence-corrected chi connectivity index (χ3v) is 3.87. The van der Waals surface area contributed by atoms with Crippen molar-refractivity contribution in [3.63, 3.8) is 0 Å². The molecule has 9 heteroatoms. The van der Waals surface area contributed by atoms with E-state index in [0.29, 0.717) is 11.2 Å². The number of rotatable bonds is 7. The summed E-state index contributed by atoms with van der Waals surface area (Å²) in [6.45, 7) is 3.50. The monoisotopic (exact) mass is 299 g/mol. The summed E-state index contributed by atoms with van der Waals surface area (Å²) in [6.07, 6.45) is 2.11. The van der Waals surface area contributed by atoms with E-state index in [1.807, 2.05) is 0 Å². The average Bonchev–Trinajstić information content (AvgIpc) is 3.12. The molecule has 1 aliphatic rings. The number of carbonyl (C=O) groups is 2. The maximum atomic E-state index is 11.8. The minimum absolute atomic E-state index is 0.101. The zero-order valence-corrected chi connectivity index (χ0v) is 12.1. The lowest BCUT2D eigenvalue weighted by Gasteiger charge is -2.17. The fourth-order valence-electron chi connectivity index (χ4n) is 1.69. The van der Waals surface area contributed by atoms with Gasteiger partial charge in [0.25, 0.3) is 0 Å².